The Balaban J connectivity index is 1.67. The molecule has 0 bridgehead atoms. The molecule has 1 atom stereocenters. The Hall–Kier alpha value is -3.07. The number of Topliss-reactive ketones (excluding diaryl/α,β-unsaturated/α-hetero) is 1. The lowest BCUT2D eigenvalue weighted by Crippen LogP contribution is -2.23. The molecule has 0 heterocycles. The number of carbonyl (C=O) groups excluding carboxylic acids is 1. The van der Waals surface area contributed by atoms with Crippen LogP contribution < -0.4 is 9.47 Å². The average molecular weight is 346 g/mol. The highest BCUT2D eigenvalue weighted by molar-refractivity contribution is 5.99. The molecule has 0 aromatic heterocycles. The maximum Gasteiger partial charge on any atom is 0.202 e. The number of ketones is 1. The number of aryl methyl sites for hydroxylation is 1. The molecule has 3 aromatic rings. The van der Waals surface area contributed by atoms with Crippen molar-refractivity contribution in [1.29, 1.82) is 0 Å². The highest BCUT2D eigenvalue weighted by Gasteiger charge is 2.17. The van der Waals surface area contributed by atoms with Gasteiger partial charge in [0.1, 0.15) is 11.5 Å². The fourth-order valence-corrected chi connectivity index (χ4v) is 2.72. The van der Waals surface area contributed by atoms with Crippen LogP contribution in [0.5, 0.6) is 11.5 Å². The molecule has 0 aliphatic rings. The van der Waals surface area contributed by atoms with Crippen molar-refractivity contribution >= 4 is 5.78 Å². The lowest BCUT2D eigenvalue weighted by atomic mass is 10.0. The van der Waals surface area contributed by atoms with Crippen molar-refractivity contribution in [3.05, 3.63) is 83.9 Å². The number of hydrogen-bond donors (Lipinski definition) is 0. The van der Waals surface area contributed by atoms with E-state index in [1.807, 2.05) is 24.3 Å². The maximum atomic E-state index is 12.5. The van der Waals surface area contributed by atoms with Gasteiger partial charge in [-0.2, -0.15) is 0 Å². The smallest absolute Gasteiger partial charge is 0.202 e. The van der Waals surface area contributed by atoms with E-state index in [0.29, 0.717) is 11.3 Å². The van der Waals surface area contributed by atoms with E-state index in [1.54, 1.807) is 38.3 Å². The van der Waals surface area contributed by atoms with Gasteiger partial charge >= 0.3 is 0 Å². The summed E-state index contributed by atoms with van der Waals surface area (Å²) in [7, 11) is 1.60. The van der Waals surface area contributed by atoms with Gasteiger partial charge in [0.15, 0.2) is 6.10 Å². The quantitative estimate of drug-likeness (QED) is 0.567. The second-order valence-electron chi connectivity index (χ2n) is 6.24. The van der Waals surface area contributed by atoms with Gasteiger partial charge in [0.2, 0.25) is 5.78 Å². The molecular formula is C23H22O3. The predicted octanol–water partition coefficient (Wildman–Crippen LogP) is 5.32. The Morgan fingerprint density at radius 1 is 0.769 bits per heavy atom. The van der Waals surface area contributed by atoms with Crippen molar-refractivity contribution in [2.24, 2.45) is 0 Å². The minimum Gasteiger partial charge on any atom is -0.497 e. The summed E-state index contributed by atoms with van der Waals surface area (Å²) in [5.74, 6) is 1.34. The van der Waals surface area contributed by atoms with Crippen LogP contribution in [-0.2, 0) is 0 Å². The molecule has 0 amide bonds. The average Bonchev–Trinajstić information content (AvgIpc) is 2.69. The van der Waals surface area contributed by atoms with Crippen LogP contribution in [0, 0.1) is 6.92 Å². The van der Waals surface area contributed by atoms with E-state index in [-0.39, 0.29) is 5.78 Å². The zero-order chi connectivity index (χ0) is 18.5. The first-order valence-corrected chi connectivity index (χ1v) is 8.59. The largest absolute Gasteiger partial charge is 0.497 e. The summed E-state index contributed by atoms with van der Waals surface area (Å²) >= 11 is 0. The zero-order valence-corrected chi connectivity index (χ0v) is 15.2. The van der Waals surface area contributed by atoms with Crippen LogP contribution in [0.3, 0.4) is 0 Å². The van der Waals surface area contributed by atoms with Crippen LogP contribution >= 0.6 is 0 Å². The highest BCUT2D eigenvalue weighted by Crippen LogP contribution is 2.24. The second kappa shape index (κ2) is 7.87. The standard InChI is InChI=1S/C23H22O3/c1-16-4-6-18(7-5-16)19-8-14-22(15-9-19)26-17(2)23(24)20-10-12-21(25-3)13-11-20/h4-15,17H,1-3H3. The molecule has 0 radical (unpaired) electrons. The summed E-state index contributed by atoms with van der Waals surface area (Å²) in [5.41, 5.74) is 4.12. The lowest BCUT2D eigenvalue weighted by molar-refractivity contribution is 0.0818. The maximum absolute atomic E-state index is 12.5. The van der Waals surface area contributed by atoms with Gasteiger partial charge in [-0.15, -0.1) is 0 Å². The summed E-state index contributed by atoms with van der Waals surface area (Å²) in [5, 5.41) is 0. The summed E-state index contributed by atoms with van der Waals surface area (Å²) in [6, 6.07) is 23.2. The number of hydrogen-bond acceptors (Lipinski definition) is 3. The number of carbonyl (C=O) groups is 1. The van der Waals surface area contributed by atoms with Gasteiger partial charge in [-0.1, -0.05) is 42.0 Å². The molecule has 0 aliphatic heterocycles. The van der Waals surface area contributed by atoms with Gasteiger partial charge in [-0.05, 0) is 61.4 Å². The Labute approximate surface area is 154 Å². The van der Waals surface area contributed by atoms with Crippen molar-refractivity contribution in [2.75, 3.05) is 7.11 Å². The fourth-order valence-electron chi connectivity index (χ4n) is 2.72. The van der Waals surface area contributed by atoms with Gasteiger partial charge in [0.05, 0.1) is 7.11 Å². The molecule has 0 saturated carbocycles. The summed E-state index contributed by atoms with van der Waals surface area (Å²) in [4.78, 5) is 12.5. The van der Waals surface area contributed by atoms with Crippen molar-refractivity contribution in [1.82, 2.24) is 0 Å². The van der Waals surface area contributed by atoms with Crippen molar-refractivity contribution < 1.29 is 14.3 Å². The van der Waals surface area contributed by atoms with Crippen LogP contribution in [0.15, 0.2) is 72.8 Å². The summed E-state index contributed by atoms with van der Waals surface area (Å²) in [6.07, 6.45) is -0.561. The van der Waals surface area contributed by atoms with Crippen LogP contribution in [0.2, 0.25) is 0 Å². The Morgan fingerprint density at radius 3 is 1.81 bits per heavy atom. The number of benzene rings is 3. The van der Waals surface area contributed by atoms with E-state index in [1.165, 1.54) is 5.56 Å². The van der Waals surface area contributed by atoms with E-state index < -0.39 is 6.10 Å². The van der Waals surface area contributed by atoms with E-state index >= 15 is 0 Å². The zero-order valence-electron chi connectivity index (χ0n) is 15.2. The third-order valence-electron chi connectivity index (χ3n) is 4.30. The molecule has 0 N–H and O–H groups in total. The molecular weight excluding hydrogens is 324 g/mol. The highest BCUT2D eigenvalue weighted by atomic mass is 16.5. The minimum atomic E-state index is -0.561. The van der Waals surface area contributed by atoms with Crippen LogP contribution in [-0.4, -0.2) is 19.0 Å². The van der Waals surface area contributed by atoms with Gasteiger partial charge < -0.3 is 9.47 Å². The third-order valence-corrected chi connectivity index (χ3v) is 4.30. The Kier molecular flexibility index (Phi) is 5.37. The van der Waals surface area contributed by atoms with Gasteiger partial charge in [-0.25, -0.2) is 0 Å². The van der Waals surface area contributed by atoms with Crippen LogP contribution in [0.4, 0.5) is 0 Å². The Morgan fingerprint density at radius 2 is 1.27 bits per heavy atom. The van der Waals surface area contributed by atoms with E-state index in [0.717, 1.165) is 16.9 Å². The summed E-state index contributed by atoms with van der Waals surface area (Å²) in [6.45, 7) is 3.84. The van der Waals surface area contributed by atoms with Crippen molar-refractivity contribution in [3.63, 3.8) is 0 Å². The molecule has 3 rings (SSSR count). The lowest BCUT2D eigenvalue weighted by Gasteiger charge is -2.14. The number of rotatable bonds is 6. The molecule has 0 spiro atoms. The molecule has 1 unspecified atom stereocenters. The fraction of sp³-hybridized carbons (Fsp3) is 0.174. The van der Waals surface area contributed by atoms with Gasteiger partial charge in [0.25, 0.3) is 0 Å². The molecule has 3 nitrogen and oxygen atoms in total. The molecule has 3 aromatic carbocycles. The first-order valence-electron chi connectivity index (χ1n) is 8.59. The molecule has 26 heavy (non-hydrogen) atoms. The molecule has 132 valence electrons. The van der Waals surface area contributed by atoms with Gasteiger partial charge in [-0.3, -0.25) is 4.79 Å². The van der Waals surface area contributed by atoms with Crippen LogP contribution in [0.25, 0.3) is 11.1 Å². The third kappa shape index (κ3) is 4.12. The monoisotopic (exact) mass is 346 g/mol. The predicted molar refractivity (Wildman–Crippen MR) is 104 cm³/mol. The van der Waals surface area contributed by atoms with Gasteiger partial charge in [0, 0.05) is 5.56 Å². The van der Waals surface area contributed by atoms with Crippen molar-refractivity contribution in [2.45, 2.75) is 20.0 Å². The Bertz CT molecular complexity index is 863. The number of ether oxygens (including phenoxy) is 2. The number of methoxy groups -OCH3 is 1. The van der Waals surface area contributed by atoms with E-state index in [4.69, 9.17) is 9.47 Å². The first-order chi connectivity index (χ1) is 12.6. The van der Waals surface area contributed by atoms with E-state index in [9.17, 15) is 4.79 Å². The van der Waals surface area contributed by atoms with Crippen molar-refractivity contribution in [3.8, 4) is 22.6 Å². The second-order valence-corrected chi connectivity index (χ2v) is 6.24. The normalized spacial score (nSPS) is 11.7. The molecule has 0 saturated heterocycles. The SMILES string of the molecule is COc1ccc(C(=O)C(C)Oc2ccc(-c3ccc(C)cc3)cc2)cc1. The summed E-state index contributed by atoms with van der Waals surface area (Å²) < 4.78 is 10.9. The van der Waals surface area contributed by atoms with E-state index in [2.05, 4.69) is 31.2 Å². The molecule has 0 fully saturated rings. The molecule has 0 aliphatic carbocycles. The van der Waals surface area contributed by atoms with Crippen LogP contribution in [0.1, 0.15) is 22.8 Å². The minimum absolute atomic E-state index is 0.0599. The first kappa shape index (κ1) is 17.7. The molecule has 3 heteroatoms. The topological polar surface area (TPSA) is 35.5 Å².